The van der Waals surface area contributed by atoms with Gasteiger partial charge < -0.3 is 9.72 Å². The summed E-state index contributed by atoms with van der Waals surface area (Å²) in [6.07, 6.45) is 3.64. The Morgan fingerprint density at radius 2 is 1.85 bits per heavy atom. The van der Waals surface area contributed by atoms with Gasteiger partial charge in [0.25, 0.3) is 0 Å². The molecular weight excluding hydrogens is 356 g/mol. The molecule has 0 saturated carbocycles. The molecule has 2 heterocycles. The van der Waals surface area contributed by atoms with Crippen LogP contribution < -0.4 is 10.3 Å². The lowest BCUT2D eigenvalue weighted by Gasteiger charge is -2.13. The van der Waals surface area contributed by atoms with E-state index >= 15 is 0 Å². The molecule has 0 amide bonds. The Morgan fingerprint density at radius 1 is 1.00 bits per heavy atom. The first kappa shape index (κ1) is 17.4. The van der Waals surface area contributed by atoms with Gasteiger partial charge in [0, 0.05) is 33.6 Å². The summed E-state index contributed by atoms with van der Waals surface area (Å²) in [4.78, 5) is 21.2. The fourth-order valence-electron chi connectivity index (χ4n) is 2.84. The predicted octanol–water partition coefficient (Wildman–Crippen LogP) is 4.96. The van der Waals surface area contributed by atoms with E-state index in [1.807, 2.05) is 67.7 Å². The van der Waals surface area contributed by atoms with E-state index in [0.717, 1.165) is 31.8 Å². The fourth-order valence-corrected chi connectivity index (χ4v) is 3.83. The van der Waals surface area contributed by atoms with Crippen molar-refractivity contribution in [3.63, 3.8) is 0 Å². The van der Waals surface area contributed by atoms with Crippen LogP contribution in [0.4, 0.5) is 0 Å². The number of H-pyrrole nitrogens is 1. The highest BCUT2D eigenvalue weighted by Gasteiger charge is 2.11. The largest absolute Gasteiger partial charge is 0.487 e. The standard InChI is InChI=1S/C22H18N2O2S/c1-15-13-23-12-11-19(15)27-20-9-8-18(22-17(20)7-10-21(25)24-22)26-14-16-5-3-2-4-6-16/h2-13H,14H2,1H3,(H,24,25). The highest BCUT2D eigenvalue weighted by atomic mass is 32.2. The van der Waals surface area contributed by atoms with Crippen molar-refractivity contribution in [2.45, 2.75) is 23.3 Å². The smallest absolute Gasteiger partial charge is 0.248 e. The number of nitrogens with zero attached hydrogens (tertiary/aromatic N) is 1. The average molecular weight is 374 g/mol. The van der Waals surface area contributed by atoms with Gasteiger partial charge in [0.15, 0.2) is 0 Å². The molecule has 0 unspecified atom stereocenters. The van der Waals surface area contributed by atoms with Gasteiger partial charge in [-0.1, -0.05) is 42.1 Å². The number of benzene rings is 2. The van der Waals surface area contributed by atoms with Crippen LogP contribution in [0.1, 0.15) is 11.1 Å². The van der Waals surface area contributed by atoms with E-state index in [0.29, 0.717) is 12.4 Å². The topological polar surface area (TPSA) is 55.0 Å². The third-order valence-electron chi connectivity index (χ3n) is 4.24. The van der Waals surface area contributed by atoms with Crippen molar-refractivity contribution in [2.24, 2.45) is 0 Å². The Hall–Kier alpha value is -3.05. The number of aromatic nitrogens is 2. The molecule has 134 valence electrons. The zero-order chi connectivity index (χ0) is 18.6. The van der Waals surface area contributed by atoms with Crippen LogP contribution in [-0.4, -0.2) is 9.97 Å². The molecule has 0 aliphatic carbocycles. The van der Waals surface area contributed by atoms with Gasteiger partial charge in [-0.2, -0.15) is 0 Å². The number of nitrogens with one attached hydrogen (secondary N) is 1. The van der Waals surface area contributed by atoms with E-state index in [-0.39, 0.29) is 5.56 Å². The second-order valence-electron chi connectivity index (χ2n) is 6.19. The number of ether oxygens (including phenoxy) is 1. The highest BCUT2D eigenvalue weighted by molar-refractivity contribution is 7.99. The molecule has 4 aromatic rings. The second kappa shape index (κ2) is 7.68. The molecule has 0 aliphatic rings. The Morgan fingerprint density at radius 3 is 2.67 bits per heavy atom. The molecule has 2 aromatic heterocycles. The number of hydrogen-bond donors (Lipinski definition) is 1. The van der Waals surface area contributed by atoms with Crippen molar-refractivity contribution in [3.8, 4) is 5.75 Å². The minimum atomic E-state index is -0.144. The van der Waals surface area contributed by atoms with Gasteiger partial charge in [-0.15, -0.1) is 0 Å². The Balaban J connectivity index is 1.71. The number of aromatic amines is 1. The third-order valence-corrected chi connectivity index (χ3v) is 5.50. The Bertz CT molecular complexity index is 1140. The monoisotopic (exact) mass is 374 g/mol. The molecular formula is C22H18N2O2S. The summed E-state index contributed by atoms with van der Waals surface area (Å²) < 4.78 is 6.00. The van der Waals surface area contributed by atoms with Gasteiger partial charge in [-0.3, -0.25) is 9.78 Å². The van der Waals surface area contributed by atoms with Gasteiger partial charge in [0.05, 0.1) is 5.52 Å². The number of hydrogen-bond acceptors (Lipinski definition) is 4. The van der Waals surface area contributed by atoms with Crippen molar-refractivity contribution in [2.75, 3.05) is 0 Å². The SMILES string of the molecule is Cc1cnccc1Sc1ccc(OCc2ccccc2)c2[nH]c(=O)ccc12. The van der Waals surface area contributed by atoms with Crippen LogP contribution in [0.3, 0.4) is 0 Å². The lowest BCUT2D eigenvalue weighted by Crippen LogP contribution is -2.05. The maximum atomic E-state index is 11.9. The predicted molar refractivity (Wildman–Crippen MR) is 108 cm³/mol. The van der Waals surface area contributed by atoms with Crippen LogP contribution in [0.5, 0.6) is 5.75 Å². The summed E-state index contributed by atoms with van der Waals surface area (Å²) in [5.41, 5.74) is 2.77. The fraction of sp³-hybridized carbons (Fsp3) is 0.0909. The van der Waals surface area contributed by atoms with Crippen molar-refractivity contribution >= 4 is 22.7 Å². The molecule has 0 aliphatic heterocycles. The maximum Gasteiger partial charge on any atom is 0.248 e. The average Bonchev–Trinajstić information content (AvgIpc) is 2.69. The van der Waals surface area contributed by atoms with Crippen LogP contribution >= 0.6 is 11.8 Å². The molecule has 1 N–H and O–H groups in total. The summed E-state index contributed by atoms with van der Waals surface area (Å²) in [5.74, 6) is 0.669. The summed E-state index contributed by atoms with van der Waals surface area (Å²) >= 11 is 1.66. The molecule has 0 saturated heterocycles. The zero-order valence-corrected chi connectivity index (χ0v) is 15.6. The molecule has 4 rings (SSSR count). The van der Waals surface area contributed by atoms with Crippen LogP contribution in [0, 0.1) is 6.92 Å². The first-order valence-electron chi connectivity index (χ1n) is 8.62. The molecule has 0 bridgehead atoms. The lowest BCUT2D eigenvalue weighted by molar-refractivity contribution is 0.309. The molecule has 4 nitrogen and oxygen atoms in total. The molecule has 5 heteroatoms. The second-order valence-corrected chi connectivity index (χ2v) is 7.27. The highest BCUT2D eigenvalue weighted by Crippen LogP contribution is 2.37. The molecule has 27 heavy (non-hydrogen) atoms. The van der Waals surface area contributed by atoms with E-state index in [2.05, 4.69) is 9.97 Å². The van der Waals surface area contributed by atoms with E-state index in [1.165, 1.54) is 0 Å². The van der Waals surface area contributed by atoms with Crippen molar-refractivity contribution in [1.82, 2.24) is 9.97 Å². The van der Waals surface area contributed by atoms with Gasteiger partial charge in [0.2, 0.25) is 5.56 Å². The molecule has 0 atom stereocenters. The summed E-state index contributed by atoms with van der Waals surface area (Å²) in [5, 5.41) is 0.960. The first-order valence-corrected chi connectivity index (χ1v) is 9.43. The third kappa shape index (κ3) is 3.88. The summed E-state index contributed by atoms with van der Waals surface area (Å²) in [6, 6.07) is 19.3. The van der Waals surface area contributed by atoms with Crippen molar-refractivity contribution < 1.29 is 4.74 Å². The maximum absolute atomic E-state index is 11.9. The number of pyridine rings is 2. The Kier molecular flexibility index (Phi) is 4.94. The molecule has 0 fully saturated rings. The van der Waals surface area contributed by atoms with Gasteiger partial charge in [-0.05, 0) is 42.3 Å². The van der Waals surface area contributed by atoms with E-state index < -0.39 is 0 Å². The van der Waals surface area contributed by atoms with E-state index in [4.69, 9.17) is 4.74 Å². The number of fused-ring (bicyclic) bond motifs is 1. The van der Waals surface area contributed by atoms with E-state index in [1.54, 1.807) is 24.0 Å². The van der Waals surface area contributed by atoms with Crippen LogP contribution in [-0.2, 0) is 6.61 Å². The van der Waals surface area contributed by atoms with Gasteiger partial charge in [0.1, 0.15) is 12.4 Å². The minimum absolute atomic E-state index is 0.144. The quantitative estimate of drug-likeness (QED) is 0.536. The normalized spacial score (nSPS) is 10.9. The zero-order valence-electron chi connectivity index (χ0n) is 14.8. The van der Waals surface area contributed by atoms with Crippen LogP contribution in [0.2, 0.25) is 0 Å². The molecule has 0 spiro atoms. The van der Waals surface area contributed by atoms with Gasteiger partial charge >= 0.3 is 0 Å². The minimum Gasteiger partial charge on any atom is -0.487 e. The van der Waals surface area contributed by atoms with Crippen LogP contribution in [0.25, 0.3) is 10.9 Å². The Labute approximate surface area is 161 Å². The summed E-state index contributed by atoms with van der Waals surface area (Å²) in [7, 11) is 0. The summed E-state index contributed by atoms with van der Waals surface area (Å²) in [6.45, 7) is 2.49. The van der Waals surface area contributed by atoms with Crippen molar-refractivity contribution in [3.05, 3.63) is 94.5 Å². The van der Waals surface area contributed by atoms with Crippen LogP contribution in [0.15, 0.2) is 87.6 Å². The number of rotatable bonds is 5. The van der Waals surface area contributed by atoms with Gasteiger partial charge in [-0.25, -0.2) is 0 Å². The molecule has 0 radical (unpaired) electrons. The number of aryl methyl sites for hydroxylation is 1. The van der Waals surface area contributed by atoms with Crippen molar-refractivity contribution in [1.29, 1.82) is 0 Å². The first-order chi connectivity index (χ1) is 13.2. The molecule has 2 aromatic carbocycles. The van der Waals surface area contributed by atoms with E-state index in [9.17, 15) is 4.79 Å². The lowest BCUT2D eigenvalue weighted by atomic mass is 10.2.